The molecule has 0 spiro atoms. The maximum absolute atomic E-state index is 14.2. The molecule has 1 saturated heterocycles. The molecule has 1 aromatic rings. The van der Waals surface area contributed by atoms with Crippen LogP contribution in [-0.4, -0.2) is 13.1 Å². The molecule has 0 radical (unpaired) electrons. The molecule has 2 heteroatoms. The van der Waals surface area contributed by atoms with E-state index in [0.29, 0.717) is 0 Å². The average Bonchev–Trinajstić information content (AvgIpc) is 2.39. The van der Waals surface area contributed by atoms with Crippen molar-refractivity contribution in [2.24, 2.45) is 5.92 Å². The number of hydrogen-bond donors (Lipinski definition) is 1. The number of hydrogen-bond acceptors (Lipinski definition) is 1. The molecule has 88 valence electrons. The Kier molecular flexibility index (Phi) is 3.94. The quantitative estimate of drug-likeness (QED) is 0.826. The lowest BCUT2D eigenvalue weighted by Gasteiger charge is -2.26. The van der Waals surface area contributed by atoms with Gasteiger partial charge in [-0.2, -0.15) is 0 Å². The maximum atomic E-state index is 14.2. The van der Waals surface area contributed by atoms with Crippen molar-refractivity contribution in [2.45, 2.75) is 32.4 Å². The van der Waals surface area contributed by atoms with Crippen molar-refractivity contribution >= 4 is 0 Å². The van der Waals surface area contributed by atoms with Crippen molar-refractivity contribution in [2.75, 3.05) is 13.1 Å². The zero-order valence-corrected chi connectivity index (χ0v) is 9.88. The average molecular weight is 221 g/mol. The molecule has 2 rings (SSSR count). The molecule has 1 heterocycles. The molecule has 0 bridgehead atoms. The number of aryl methyl sites for hydroxylation is 1. The molecule has 1 aliphatic rings. The minimum absolute atomic E-state index is 0.154. The van der Waals surface area contributed by atoms with E-state index in [1.165, 1.54) is 5.56 Å². The monoisotopic (exact) mass is 221 g/mol. The third-order valence-electron chi connectivity index (χ3n) is 3.46. The Morgan fingerprint density at radius 1 is 1.38 bits per heavy atom. The molecule has 1 fully saturated rings. The molecular formula is C14H20FN. The van der Waals surface area contributed by atoms with Crippen LogP contribution in [0.2, 0.25) is 0 Å². The van der Waals surface area contributed by atoms with Crippen LogP contribution in [0.1, 0.15) is 37.1 Å². The highest BCUT2D eigenvalue weighted by Crippen LogP contribution is 2.30. The van der Waals surface area contributed by atoms with Crippen LogP contribution in [0.15, 0.2) is 24.3 Å². The predicted octanol–water partition coefficient (Wildman–Crippen LogP) is 3.26. The lowest BCUT2D eigenvalue weighted by atomic mass is 9.90. The Hall–Kier alpha value is -0.890. The van der Waals surface area contributed by atoms with Crippen LogP contribution < -0.4 is 5.32 Å². The van der Waals surface area contributed by atoms with Crippen molar-refractivity contribution in [3.63, 3.8) is 0 Å². The zero-order valence-electron chi connectivity index (χ0n) is 9.88. The first-order chi connectivity index (χ1) is 7.81. The molecule has 1 N–H and O–H groups in total. The summed E-state index contributed by atoms with van der Waals surface area (Å²) in [5.74, 6) is 0.154. The Bertz CT molecular complexity index is 314. The van der Waals surface area contributed by atoms with Gasteiger partial charge in [-0.05, 0) is 36.9 Å². The molecule has 0 aliphatic carbocycles. The van der Waals surface area contributed by atoms with Crippen LogP contribution in [0, 0.1) is 5.92 Å². The van der Waals surface area contributed by atoms with Crippen LogP contribution in [0.5, 0.6) is 0 Å². The van der Waals surface area contributed by atoms with Gasteiger partial charge < -0.3 is 5.32 Å². The van der Waals surface area contributed by atoms with Crippen molar-refractivity contribution in [3.8, 4) is 0 Å². The first-order valence-corrected chi connectivity index (χ1v) is 6.25. The topological polar surface area (TPSA) is 12.0 Å². The fraction of sp³-hybridized carbons (Fsp3) is 0.571. The Labute approximate surface area is 97.1 Å². The summed E-state index contributed by atoms with van der Waals surface area (Å²) in [6.45, 7) is 3.97. The van der Waals surface area contributed by atoms with Gasteiger partial charge in [0.1, 0.15) is 6.17 Å². The van der Waals surface area contributed by atoms with Gasteiger partial charge in [0.2, 0.25) is 0 Å². The summed E-state index contributed by atoms with van der Waals surface area (Å²) in [7, 11) is 0. The molecule has 1 aliphatic heterocycles. The smallest absolute Gasteiger partial charge is 0.129 e. The van der Waals surface area contributed by atoms with E-state index in [-0.39, 0.29) is 5.92 Å². The highest BCUT2D eigenvalue weighted by atomic mass is 19.1. The van der Waals surface area contributed by atoms with E-state index in [1.54, 1.807) is 0 Å². The van der Waals surface area contributed by atoms with Gasteiger partial charge in [-0.1, -0.05) is 31.2 Å². The van der Waals surface area contributed by atoms with Gasteiger partial charge in [-0.3, -0.25) is 0 Å². The number of benzene rings is 1. The second-order valence-corrected chi connectivity index (χ2v) is 4.60. The van der Waals surface area contributed by atoms with Gasteiger partial charge in [0, 0.05) is 12.5 Å². The van der Waals surface area contributed by atoms with Crippen LogP contribution in [-0.2, 0) is 6.42 Å². The molecule has 1 nitrogen and oxygen atoms in total. The molecule has 16 heavy (non-hydrogen) atoms. The van der Waals surface area contributed by atoms with Crippen LogP contribution in [0.25, 0.3) is 0 Å². The van der Waals surface area contributed by atoms with Crippen molar-refractivity contribution in [1.29, 1.82) is 0 Å². The maximum Gasteiger partial charge on any atom is 0.129 e. The zero-order chi connectivity index (χ0) is 11.4. The third kappa shape index (κ3) is 2.62. The van der Waals surface area contributed by atoms with Crippen LogP contribution >= 0.6 is 0 Å². The number of halogens is 1. The van der Waals surface area contributed by atoms with Gasteiger partial charge in [-0.25, -0.2) is 4.39 Å². The largest absolute Gasteiger partial charge is 0.316 e. The molecule has 2 atom stereocenters. The van der Waals surface area contributed by atoms with Crippen LogP contribution in [0.3, 0.4) is 0 Å². The van der Waals surface area contributed by atoms with E-state index in [4.69, 9.17) is 0 Å². The van der Waals surface area contributed by atoms with E-state index in [9.17, 15) is 4.39 Å². The van der Waals surface area contributed by atoms with Gasteiger partial charge in [0.05, 0.1) is 0 Å². The molecule has 0 saturated carbocycles. The molecule has 2 unspecified atom stereocenters. The lowest BCUT2D eigenvalue weighted by Crippen LogP contribution is -2.32. The first kappa shape index (κ1) is 11.6. The summed E-state index contributed by atoms with van der Waals surface area (Å²) in [4.78, 5) is 0. The Morgan fingerprint density at radius 2 is 2.12 bits per heavy atom. The number of nitrogens with one attached hydrogen (secondary N) is 1. The summed E-state index contributed by atoms with van der Waals surface area (Å²) in [6, 6.07) is 7.96. The van der Waals surface area contributed by atoms with Gasteiger partial charge in [0.25, 0.3) is 0 Å². The Balaban J connectivity index is 2.04. The minimum Gasteiger partial charge on any atom is -0.316 e. The van der Waals surface area contributed by atoms with E-state index in [2.05, 4.69) is 12.2 Å². The highest BCUT2D eigenvalue weighted by molar-refractivity contribution is 5.24. The molecule has 1 aromatic carbocycles. The van der Waals surface area contributed by atoms with Crippen molar-refractivity contribution < 1.29 is 4.39 Å². The standard InChI is InChI=1S/C14H20FN/c1-2-11-5-7-12(8-6-11)14(15)13-4-3-9-16-10-13/h5-8,13-14,16H,2-4,9-10H2,1H3. The fourth-order valence-corrected chi connectivity index (χ4v) is 2.34. The van der Waals surface area contributed by atoms with Crippen molar-refractivity contribution in [1.82, 2.24) is 5.32 Å². The van der Waals surface area contributed by atoms with Crippen LogP contribution in [0.4, 0.5) is 4.39 Å². The summed E-state index contributed by atoms with van der Waals surface area (Å²) in [5.41, 5.74) is 2.11. The number of rotatable bonds is 3. The van der Waals surface area contributed by atoms with E-state index in [1.807, 2.05) is 24.3 Å². The molecule has 0 aromatic heterocycles. The Morgan fingerprint density at radius 3 is 2.69 bits per heavy atom. The van der Waals surface area contributed by atoms with E-state index >= 15 is 0 Å². The minimum atomic E-state index is -0.807. The second kappa shape index (κ2) is 5.44. The summed E-state index contributed by atoms with van der Waals surface area (Å²) >= 11 is 0. The molecular weight excluding hydrogens is 201 g/mol. The van der Waals surface area contributed by atoms with Gasteiger partial charge in [-0.15, -0.1) is 0 Å². The second-order valence-electron chi connectivity index (χ2n) is 4.60. The number of piperidine rings is 1. The third-order valence-corrected chi connectivity index (χ3v) is 3.46. The SMILES string of the molecule is CCc1ccc(C(F)C2CCCNC2)cc1. The first-order valence-electron chi connectivity index (χ1n) is 6.25. The van der Waals surface area contributed by atoms with Gasteiger partial charge in [0.15, 0.2) is 0 Å². The normalized spacial score (nSPS) is 23.0. The number of alkyl halides is 1. The van der Waals surface area contributed by atoms with Crippen molar-refractivity contribution in [3.05, 3.63) is 35.4 Å². The predicted molar refractivity (Wildman–Crippen MR) is 65.3 cm³/mol. The summed E-state index contributed by atoms with van der Waals surface area (Å²) in [6.07, 6.45) is 2.31. The van der Waals surface area contributed by atoms with Gasteiger partial charge >= 0.3 is 0 Å². The van der Waals surface area contributed by atoms with E-state index in [0.717, 1.165) is 37.9 Å². The highest BCUT2D eigenvalue weighted by Gasteiger charge is 2.24. The molecule has 0 amide bonds. The summed E-state index contributed by atoms with van der Waals surface area (Å²) < 4.78 is 14.2. The van der Waals surface area contributed by atoms with E-state index < -0.39 is 6.17 Å². The fourth-order valence-electron chi connectivity index (χ4n) is 2.34. The lowest BCUT2D eigenvalue weighted by molar-refractivity contribution is 0.194. The summed E-state index contributed by atoms with van der Waals surface area (Å²) in [5, 5.41) is 3.27.